The third kappa shape index (κ3) is 3.17. The second-order valence-electron chi connectivity index (χ2n) is 4.39. The molecule has 1 aromatic carbocycles. The number of benzene rings is 1. The van der Waals surface area contributed by atoms with Gasteiger partial charge in [0.1, 0.15) is 5.82 Å². The Morgan fingerprint density at radius 3 is 2.89 bits per heavy atom. The zero-order valence-corrected chi connectivity index (χ0v) is 10.7. The van der Waals surface area contributed by atoms with E-state index in [2.05, 4.69) is 17.3 Å². The Morgan fingerprint density at radius 1 is 1.44 bits per heavy atom. The van der Waals surface area contributed by atoms with Gasteiger partial charge >= 0.3 is 0 Å². The molecule has 0 fully saturated rings. The lowest BCUT2D eigenvalue weighted by Gasteiger charge is -2.16. The van der Waals surface area contributed by atoms with Crippen molar-refractivity contribution in [3.8, 4) is 0 Å². The van der Waals surface area contributed by atoms with Crippen LogP contribution in [0.3, 0.4) is 0 Å². The van der Waals surface area contributed by atoms with E-state index in [0.29, 0.717) is 0 Å². The molecule has 0 saturated carbocycles. The van der Waals surface area contributed by atoms with Gasteiger partial charge in [0.05, 0.1) is 6.20 Å². The van der Waals surface area contributed by atoms with E-state index in [9.17, 15) is 4.39 Å². The maximum Gasteiger partial charge on any atom is 0.123 e. The highest BCUT2D eigenvalue weighted by Gasteiger charge is 2.13. The van der Waals surface area contributed by atoms with Gasteiger partial charge in [0.25, 0.3) is 0 Å². The van der Waals surface area contributed by atoms with Crippen molar-refractivity contribution in [3.63, 3.8) is 0 Å². The van der Waals surface area contributed by atoms with Crippen molar-refractivity contribution >= 4 is 0 Å². The first kappa shape index (κ1) is 12.8. The lowest BCUT2D eigenvalue weighted by molar-refractivity contribution is 0.546. The van der Waals surface area contributed by atoms with Gasteiger partial charge in [-0.3, -0.25) is 4.68 Å². The fourth-order valence-corrected chi connectivity index (χ4v) is 2.07. The quantitative estimate of drug-likeness (QED) is 0.879. The summed E-state index contributed by atoms with van der Waals surface area (Å²) in [5.41, 5.74) is 2.12. The summed E-state index contributed by atoms with van der Waals surface area (Å²) in [5.74, 6) is -0.186. The predicted octanol–water partition coefficient (Wildman–Crippen LogP) is 2.45. The normalized spacial score (nSPS) is 12.6. The van der Waals surface area contributed by atoms with E-state index in [1.54, 1.807) is 16.8 Å². The number of aryl methyl sites for hydroxylation is 1. The number of halogens is 1. The molecule has 0 aliphatic carbocycles. The number of rotatable bonds is 5. The van der Waals surface area contributed by atoms with Crippen LogP contribution in [-0.4, -0.2) is 16.3 Å². The molecule has 0 radical (unpaired) electrons. The van der Waals surface area contributed by atoms with Crippen LogP contribution in [0.4, 0.5) is 4.39 Å². The van der Waals surface area contributed by atoms with Crippen LogP contribution in [0.2, 0.25) is 0 Å². The SMILES string of the molecule is CCNC(Cc1cccc(F)c1)c1cnn(C)c1. The van der Waals surface area contributed by atoms with Gasteiger partial charge in [0.2, 0.25) is 0 Å². The molecule has 4 heteroatoms. The minimum Gasteiger partial charge on any atom is -0.310 e. The lowest BCUT2D eigenvalue weighted by Crippen LogP contribution is -2.22. The number of likely N-dealkylation sites (N-methyl/N-ethyl adjacent to an activating group) is 1. The van der Waals surface area contributed by atoms with Crippen LogP contribution in [-0.2, 0) is 13.5 Å². The molecule has 1 heterocycles. The molecule has 0 saturated heterocycles. The van der Waals surface area contributed by atoms with Gasteiger partial charge in [-0.1, -0.05) is 19.1 Å². The number of hydrogen-bond acceptors (Lipinski definition) is 2. The predicted molar refractivity (Wildman–Crippen MR) is 69.7 cm³/mol. The van der Waals surface area contributed by atoms with Gasteiger partial charge < -0.3 is 5.32 Å². The third-order valence-corrected chi connectivity index (χ3v) is 2.91. The molecule has 3 nitrogen and oxygen atoms in total. The second kappa shape index (κ2) is 5.78. The van der Waals surface area contributed by atoms with Gasteiger partial charge in [-0.25, -0.2) is 4.39 Å². The third-order valence-electron chi connectivity index (χ3n) is 2.91. The molecule has 1 atom stereocenters. The molecule has 0 aliphatic rings. The second-order valence-corrected chi connectivity index (χ2v) is 4.39. The fraction of sp³-hybridized carbons (Fsp3) is 0.357. The first-order valence-electron chi connectivity index (χ1n) is 6.15. The average Bonchev–Trinajstić information content (AvgIpc) is 2.75. The summed E-state index contributed by atoms with van der Waals surface area (Å²) < 4.78 is 15.0. The molecule has 0 spiro atoms. The number of nitrogens with zero attached hydrogens (tertiary/aromatic N) is 2. The van der Waals surface area contributed by atoms with Crippen LogP contribution in [0.25, 0.3) is 0 Å². The van der Waals surface area contributed by atoms with E-state index >= 15 is 0 Å². The number of aromatic nitrogens is 2. The Morgan fingerprint density at radius 2 is 2.28 bits per heavy atom. The van der Waals surface area contributed by atoms with Crippen LogP contribution in [0.15, 0.2) is 36.7 Å². The fourth-order valence-electron chi connectivity index (χ4n) is 2.07. The van der Waals surface area contributed by atoms with Gasteiger partial charge in [0.15, 0.2) is 0 Å². The topological polar surface area (TPSA) is 29.9 Å². The van der Waals surface area contributed by atoms with Crippen LogP contribution < -0.4 is 5.32 Å². The Balaban J connectivity index is 2.16. The van der Waals surface area contributed by atoms with Crippen molar-refractivity contribution in [2.24, 2.45) is 7.05 Å². The highest BCUT2D eigenvalue weighted by molar-refractivity contribution is 5.21. The first-order chi connectivity index (χ1) is 8.69. The van der Waals surface area contributed by atoms with Gasteiger partial charge in [-0.2, -0.15) is 5.10 Å². The molecule has 0 bridgehead atoms. The molecule has 96 valence electrons. The Labute approximate surface area is 107 Å². The smallest absolute Gasteiger partial charge is 0.123 e. The average molecular weight is 247 g/mol. The van der Waals surface area contributed by atoms with Crippen molar-refractivity contribution in [1.29, 1.82) is 0 Å². The van der Waals surface area contributed by atoms with E-state index < -0.39 is 0 Å². The maximum atomic E-state index is 13.2. The summed E-state index contributed by atoms with van der Waals surface area (Å²) in [5, 5.41) is 7.59. The zero-order chi connectivity index (χ0) is 13.0. The standard InChI is InChI=1S/C14H18FN3/c1-3-16-14(12-9-17-18(2)10-12)8-11-5-4-6-13(15)7-11/h4-7,9-10,14,16H,3,8H2,1-2H3. The Hall–Kier alpha value is -1.68. The van der Waals surface area contributed by atoms with Crippen LogP contribution >= 0.6 is 0 Å². The monoisotopic (exact) mass is 247 g/mol. The Bertz CT molecular complexity index is 507. The highest BCUT2D eigenvalue weighted by Crippen LogP contribution is 2.18. The van der Waals surface area contributed by atoms with E-state index in [1.807, 2.05) is 25.5 Å². The van der Waals surface area contributed by atoms with E-state index in [4.69, 9.17) is 0 Å². The van der Waals surface area contributed by atoms with Gasteiger partial charge in [-0.05, 0) is 30.7 Å². The molecule has 1 unspecified atom stereocenters. The maximum absolute atomic E-state index is 13.2. The molecule has 2 aromatic rings. The minimum atomic E-state index is -0.186. The van der Waals surface area contributed by atoms with E-state index in [0.717, 1.165) is 24.1 Å². The first-order valence-corrected chi connectivity index (χ1v) is 6.15. The van der Waals surface area contributed by atoms with Crippen LogP contribution in [0, 0.1) is 5.82 Å². The molecular formula is C14H18FN3. The molecule has 1 aromatic heterocycles. The molecule has 0 amide bonds. The van der Waals surface area contributed by atoms with Crippen molar-refractivity contribution in [3.05, 3.63) is 53.6 Å². The van der Waals surface area contributed by atoms with Gasteiger partial charge in [-0.15, -0.1) is 0 Å². The molecular weight excluding hydrogens is 229 g/mol. The van der Waals surface area contributed by atoms with E-state index in [-0.39, 0.29) is 11.9 Å². The summed E-state index contributed by atoms with van der Waals surface area (Å²) in [4.78, 5) is 0. The van der Waals surface area contributed by atoms with Crippen LogP contribution in [0.1, 0.15) is 24.1 Å². The summed E-state index contributed by atoms with van der Waals surface area (Å²) >= 11 is 0. The highest BCUT2D eigenvalue weighted by atomic mass is 19.1. The lowest BCUT2D eigenvalue weighted by atomic mass is 10.0. The van der Waals surface area contributed by atoms with Crippen molar-refractivity contribution in [2.75, 3.05) is 6.54 Å². The summed E-state index contributed by atoms with van der Waals surface area (Å²) in [6.07, 6.45) is 4.61. The molecule has 1 N–H and O–H groups in total. The molecule has 18 heavy (non-hydrogen) atoms. The van der Waals surface area contributed by atoms with Crippen LogP contribution in [0.5, 0.6) is 0 Å². The number of hydrogen-bond donors (Lipinski definition) is 1. The van der Waals surface area contributed by atoms with Gasteiger partial charge in [0, 0.05) is 24.8 Å². The van der Waals surface area contributed by atoms with Crippen molar-refractivity contribution in [1.82, 2.24) is 15.1 Å². The summed E-state index contributed by atoms with van der Waals surface area (Å²) in [7, 11) is 1.90. The largest absolute Gasteiger partial charge is 0.310 e. The minimum absolute atomic E-state index is 0.172. The van der Waals surface area contributed by atoms with Crippen molar-refractivity contribution < 1.29 is 4.39 Å². The zero-order valence-electron chi connectivity index (χ0n) is 10.7. The molecule has 0 aliphatic heterocycles. The number of nitrogens with one attached hydrogen (secondary N) is 1. The molecule has 2 rings (SSSR count). The Kier molecular flexibility index (Phi) is 4.10. The van der Waals surface area contributed by atoms with E-state index in [1.165, 1.54) is 6.07 Å². The summed E-state index contributed by atoms with van der Waals surface area (Å²) in [6, 6.07) is 6.92. The summed E-state index contributed by atoms with van der Waals surface area (Å²) in [6.45, 7) is 2.93. The van der Waals surface area contributed by atoms with Crippen molar-refractivity contribution in [2.45, 2.75) is 19.4 Å².